The molecule has 23 heteroatoms. The van der Waals surface area contributed by atoms with Crippen molar-refractivity contribution in [3.05, 3.63) is 96.6 Å². The molecule has 0 bridgehead atoms. The molecule has 464 valence electrons. The third-order valence-electron chi connectivity index (χ3n) is 13.4. The highest BCUT2D eigenvalue weighted by Gasteiger charge is 2.36. The maximum Gasteiger partial charge on any atom is 0.408 e. The van der Waals surface area contributed by atoms with Crippen molar-refractivity contribution in [2.24, 2.45) is 11.8 Å². The lowest BCUT2D eigenvalue weighted by molar-refractivity contribution is -0.157. The molecule has 1 unspecified atom stereocenters. The molecule has 4 aromatic rings. The van der Waals surface area contributed by atoms with Gasteiger partial charge in [0.15, 0.2) is 0 Å². The highest BCUT2D eigenvalue weighted by atomic mass is 16.6. The molecular formula is C62H88N10O13. The number of aliphatic hydroxyl groups excluding tert-OH is 1. The van der Waals surface area contributed by atoms with Crippen LogP contribution in [0.15, 0.2) is 74.1 Å². The van der Waals surface area contributed by atoms with Gasteiger partial charge < -0.3 is 45.7 Å². The molecule has 8 N–H and O–H groups in total. The van der Waals surface area contributed by atoms with Crippen molar-refractivity contribution >= 4 is 81.5 Å². The molecule has 6 amide bonds. The number of carbonyl (C=O) groups is 8. The Kier molecular flexibility index (Phi) is 25.5. The summed E-state index contributed by atoms with van der Waals surface area (Å²) in [7, 11) is 0. The fraction of sp³-hybridized carbons (Fsp3) is 0.516. The molecule has 23 nitrogen and oxygen atoms in total. The number of carboxylic acids is 1. The van der Waals surface area contributed by atoms with Crippen molar-refractivity contribution in [3.8, 4) is 0 Å². The molecule has 2 aromatic heterocycles. The van der Waals surface area contributed by atoms with Crippen LogP contribution in [0.4, 0.5) is 9.59 Å². The summed E-state index contributed by atoms with van der Waals surface area (Å²) in [6, 6.07) is 10.4. The quantitative estimate of drug-likeness (QED) is 0.0373. The van der Waals surface area contributed by atoms with Gasteiger partial charge >= 0.3 is 24.1 Å². The number of pyridine rings is 2. The average Bonchev–Trinajstić information content (AvgIpc) is 3.13. The van der Waals surface area contributed by atoms with Crippen LogP contribution in [0.3, 0.4) is 0 Å². The summed E-state index contributed by atoms with van der Waals surface area (Å²) < 4.78 is 16.2. The SMILES string of the molecule is C=Cc1cc2cc(C(C)O)ccc2cn1.C=Cc1cc2cc([C@@H](C)OC(=O)[C@@H]3CCCN(C(=O)[C@H](C)NC(=O)[C@@H](NC(=O)OC(C)(C)C)C(C)C)N3)ccc2cn1.CC(C)[C@H](NC(=O)OC(C)(C)C)C(=O)N[C@@H](C)C(=O)N1CCC[C@@H](C(=O)O)N1. The predicted octanol–water partition coefficient (Wildman–Crippen LogP) is 7.58. The first-order valence-corrected chi connectivity index (χ1v) is 28.6. The van der Waals surface area contributed by atoms with Gasteiger partial charge in [-0.3, -0.25) is 48.8 Å². The van der Waals surface area contributed by atoms with Gasteiger partial charge in [0.2, 0.25) is 11.8 Å². The van der Waals surface area contributed by atoms with Crippen molar-refractivity contribution < 1.29 is 62.8 Å². The predicted molar refractivity (Wildman–Crippen MR) is 323 cm³/mol. The maximum atomic E-state index is 13.2. The van der Waals surface area contributed by atoms with Crippen LogP contribution in [0.5, 0.6) is 0 Å². The second-order valence-electron chi connectivity index (χ2n) is 23.8. The average molecular weight is 1180 g/mol. The van der Waals surface area contributed by atoms with Gasteiger partial charge in [0, 0.05) is 36.3 Å². The molecule has 2 aliphatic heterocycles. The van der Waals surface area contributed by atoms with Crippen LogP contribution in [-0.2, 0) is 43.0 Å². The van der Waals surface area contributed by atoms with E-state index in [1.54, 1.807) is 108 Å². The zero-order valence-electron chi connectivity index (χ0n) is 51.5. The minimum absolute atomic E-state index is 0.237. The number of aromatic nitrogens is 2. The number of nitrogens with zero attached hydrogens (tertiary/aromatic N) is 4. The highest BCUT2D eigenvalue weighted by molar-refractivity contribution is 5.93. The molecule has 0 spiro atoms. The van der Waals surface area contributed by atoms with E-state index in [1.807, 2.05) is 54.7 Å². The Morgan fingerprint density at radius 2 is 1.00 bits per heavy atom. The van der Waals surface area contributed by atoms with Gasteiger partial charge in [0.1, 0.15) is 53.6 Å². The third-order valence-corrected chi connectivity index (χ3v) is 13.4. The zero-order chi connectivity index (χ0) is 63.7. The van der Waals surface area contributed by atoms with Gasteiger partial charge in [-0.05, 0) is 165 Å². The van der Waals surface area contributed by atoms with E-state index in [0.29, 0.717) is 38.8 Å². The lowest BCUT2D eigenvalue weighted by Gasteiger charge is -2.35. The Bertz CT molecular complexity index is 3030. The minimum Gasteiger partial charge on any atom is -0.480 e. The number of hydrogen-bond donors (Lipinski definition) is 8. The number of rotatable bonds is 17. The van der Waals surface area contributed by atoms with E-state index in [0.717, 1.165) is 44.1 Å². The van der Waals surface area contributed by atoms with E-state index in [-0.39, 0.29) is 11.8 Å². The van der Waals surface area contributed by atoms with E-state index >= 15 is 0 Å². The first-order chi connectivity index (χ1) is 39.7. The normalized spacial score (nSPS) is 17.4. The number of aliphatic hydroxyl groups is 1. The number of alkyl carbamates (subject to hydrolysis) is 2. The molecule has 6 rings (SSSR count). The number of esters is 1. The van der Waals surface area contributed by atoms with Crippen molar-refractivity contribution in [3.63, 3.8) is 0 Å². The summed E-state index contributed by atoms with van der Waals surface area (Å²) in [5.41, 5.74) is 7.56. The molecule has 2 aliphatic rings. The lowest BCUT2D eigenvalue weighted by atomic mass is 10.0. The third kappa shape index (κ3) is 21.8. The van der Waals surface area contributed by atoms with E-state index in [9.17, 15) is 43.5 Å². The van der Waals surface area contributed by atoms with Crippen LogP contribution in [0, 0.1) is 11.8 Å². The number of hydrazine groups is 2. The summed E-state index contributed by atoms with van der Waals surface area (Å²) in [4.78, 5) is 108. The highest BCUT2D eigenvalue weighted by Crippen LogP contribution is 2.25. The van der Waals surface area contributed by atoms with E-state index < -0.39 is 107 Å². The molecule has 2 aromatic carbocycles. The Morgan fingerprint density at radius 1 is 0.600 bits per heavy atom. The molecular weight excluding hydrogens is 1090 g/mol. The van der Waals surface area contributed by atoms with E-state index in [1.165, 1.54) is 16.9 Å². The van der Waals surface area contributed by atoms with Crippen LogP contribution >= 0.6 is 0 Å². The van der Waals surface area contributed by atoms with Crippen molar-refractivity contribution in [2.75, 3.05) is 13.1 Å². The number of nitrogens with one attached hydrogen (secondary N) is 6. The number of carboxylic acid groups (broad SMARTS) is 1. The van der Waals surface area contributed by atoms with Gasteiger partial charge in [-0.15, -0.1) is 0 Å². The topological polar surface area (TPSA) is 309 Å². The smallest absolute Gasteiger partial charge is 0.408 e. The summed E-state index contributed by atoms with van der Waals surface area (Å²) in [6.07, 6.45) is 6.64. The number of amides is 6. The number of hydrogen-bond acceptors (Lipinski definition) is 16. The Morgan fingerprint density at radius 3 is 1.39 bits per heavy atom. The summed E-state index contributed by atoms with van der Waals surface area (Å²) in [6.45, 7) is 32.2. The molecule has 0 radical (unpaired) electrons. The van der Waals surface area contributed by atoms with Gasteiger partial charge in [-0.2, -0.15) is 0 Å². The fourth-order valence-electron chi connectivity index (χ4n) is 8.79. The molecule has 8 atom stereocenters. The number of benzene rings is 2. The van der Waals surface area contributed by atoms with Crippen LogP contribution in [0.1, 0.15) is 157 Å². The molecule has 4 heterocycles. The van der Waals surface area contributed by atoms with Crippen LogP contribution in [0.25, 0.3) is 33.7 Å². The zero-order valence-corrected chi connectivity index (χ0v) is 51.5. The van der Waals surface area contributed by atoms with Crippen LogP contribution in [0.2, 0.25) is 0 Å². The van der Waals surface area contributed by atoms with Gasteiger partial charge in [0.05, 0.1) is 17.5 Å². The van der Waals surface area contributed by atoms with Crippen molar-refractivity contribution in [2.45, 2.75) is 182 Å². The minimum atomic E-state index is -1.03. The van der Waals surface area contributed by atoms with Crippen molar-refractivity contribution in [1.82, 2.24) is 52.1 Å². The summed E-state index contributed by atoms with van der Waals surface area (Å²) in [5.74, 6) is -3.88. The monoisotopic (exact) mass is 1180 g/mol. The molecule has 2 saturated heterocycles. The fourth-order valence-corrected chi connectivity index (χ4v) is 8.79. The lowest BCUT2D eigenvalue weighted by Crippen LogP contribution is -2.61. The second-order valence-corrected chi connectivity index (χ2v) is 23.8. The first kappa shape index (κ1) is 69.5. The Balaban J connectivity index is 0.000000307. The van der Waals surface area contributed by atoms with Crippen molar-refractivity contribution in [1.29, 1.82) is 0 Å². The van der Waals surface area contributed by atoms with E-state index in [4.69, 9.17) is 19.3 Å². The number of ether oxygens (including phenoxy) is 3. The molecule has 2 fully saturated rings. The molecule has 0 aliphatic carbocycles. The number of carbonyl (C=O) groups excluding carboxylic acids is 7. The van der Waals surface area contributed by atoms with Crippen LogP contribution < -0.4 is 32.1 Å². The second kappa shape index (κ2) is 31.2. The standard InChI is InChI=1S/C31H43N5O6.C18H32N4O6.C13H13NO/c1-9-24-16-23-15-21(12-13-22(23)17-32-24)20(5)41-29(39)25-11-10-14-36(35-25)28(38)19(4)33-27(37)26(18(2)3)34-30(40)42-31(6,7)8;1-10(2)13(20-17(27)28-18(4,5)6)14(23)19-11(3)15(24)22-9-7-8-12(21-22)16(25)26;1-3-13-7-12-6-10(9(2)15)4-5-11(12)8-14-13/h9,12-13,15-20,25-26,35H,1,10-11,14H2,2-8H3,(H,33,37)(H,34,40);10-13,21H,7-9H2,1-6H3,(H,19,23)(H,20,27)(H,25,26);3-9,15H,1H2,2H3/t19-,20+,25-,26-;11-,12-,13-;/m00./s1. The summed E-state index contributed by atoms with van der Waals surface area (Å²) in [5, 5.41) is 35.6. The number of aliphatic carboxylic acids is 1. The molecule has 85 heavy (non-hydrogen) atoms. The number of fused-ring (bicyclic) bond motifs is 2. The first-order valence-electron chi connectivity index (χ1n) is 28.6. The van der Waals surface area contributed by atoms with Crippen LogP contribution in [-0.4, -0.2) is 138 Å². The summed E-state index contributed by atoms with van der Waals surface area (Å²) >= 11 is 0. The van der Waals surface area contributed by atoms with Gasteiger partial charge in [-0.1, -0.05) is 65.1 Å². The molecule has 0 saturated carbocycles. The maximum absolute atomic E-state index is 13.2. The Labute approximate surface area is 498 Å². The Hall–Kier alpha value is -8.02. The van der Waals surface area contributed by atoms with E-state index in [2.05, 4.69) is 55.2 Å². The largest absolute Gasteiger partial charge is 0.480 e. The van der Waals surface area contributed by atoms with Gasteiger partial charge in [-0.25, -0.2) is 20.4 Å². The van der Waals surface area contributed by atoms with Gasteiger partial charge in [0.25, 0.3) is 11.8 Å².